The molecule has 0 saturated heterocycles. The molecule has 2 N–H and O–H groups in total. The summed E-state index contributed by atoms with van der Waals surface area (Å²) in [4.78, 5) is 21.1. The van der Waals surface area contributed by atoms with Gasteiger partial charge < -0.3 is 19.9 Å². The van der Waals surface area contributed by atoms with Crippen LogP contribution in [0.3, 0.4) is 0 Å². The first-order valence-electron chi connectivity index (χ1n) is 12.9. The van der Waals surface area contributed by atoms with E-state index in [0.717, 1.165) is 12.1 Å². The lowest BCUT2D eigenvalue weighted by Gasteiger charge is -2.24. The number of halogens is 4. The quantitative estimate of drug-likeness (QED) is 0.0957. The van der Waals surface area contributed by atoms with Gasteiger partial charge in [-0.05, 0) is 64.7 Å². The Kier molecular flexibility index (Phi) is 9.66. The van der Waals surface area contributed by atoms with E-state index in [4.69, 9.17) is 20.1 Å². The minimum atomic E-state index is -4.75. The second kappa shape index (κ2) is 13.4. The zero-order valence-electron chi connectivity index (χ0n) is 22.3. The van der Waals surface area contributed by atoms with Gasteiger partial charge in [-0.25, -0.2) is 9.38 Å². The number of carbonyl (C=O) groups is 1. The molecule has 0 bridgehead atoms. The number of aliphatic hydroxyl groups excluding tert-OH is 1. The highest BCUT2D eigenvalue weighted by atomic mass is 19.4. The molecule has 0 fully saturated rings. The molecule has 1 atom stereocenters. The van der Waals surface area contributed by atoms with Crippen LogP contribution in [0.5, 0.6) is 5.75 Å². The maximum Gasteiger partial charge on any atom is 0.416 e. The van der Waals surface area contributed by atoms with E-state index in [2.05, 4.69) is 20.3 Å². The Hall–Kier alpha value is -4.61. The molecule has 0 spiro atoms. The van der Waals surface area contributed by atoms with Crippen molar-refractivity contribution in [2.75, 3.05) is 19.8 Å². The Morgan fingerprint density at radius 2 is 1.88 bits per heavy atom. The number of carbonyl (C=O) groups excluding carboxylic acids is 1. The van der Waals surface area contributed by atoms with E-state index in [1.807, 2.05) is 0 Å². The number of nitrogens with one attached hydrogen (secondary N) is 1. The molecule has 3 aromatic rings. The molecule has 220 valence electrons. The predicted molar refractivity (Wildman–Crippen MR) is 145 cm³/mol. The van der Waals surface area contributed by atoms with Crippen LogP contribution in [-0.2, 0) is 35.2 Å². The molecule has 42 heavy (non-hydrogen) atoms. The van der Waals surface area contributed by atoms with E-state index in [-0.39, 0.29) is 44.2 Å². The van der Waals surface area contributed by atoms with E-state index >= 15 is 0 Å². The normalized spacial score (nSPS) is 16.3. The fourth-order valence-corrected chi connectivity index (χ4v) is 4.40. The van der Waals surface area contributed by atoms with Gasteiger partial charge in [-0.3, -0.25) is 4.79 Å². The summed E-state index contributed by atoms with van der Waals surface area (Å²) in [6, 6.07) is 15.9. The Bertz CT molecular complexity index is 1490. The van der Waals surface area contributed by atoms with Crippen molar-refractivity contribution in [3.63, 3.8) is 0 Å². The number of benzene rings is 3. The molecule has 13 heteroatoms. The molecular weight excluding hydrogens is 558 g/mol. The Morgan fingerprint density at radius 1 is 1.14 bits per heavy atom. The monoisotopic (exact) mass is 585 g/mol. The van der Waals surface area contributed by atoms with Crippen LogP contribution in [0.15, 0.2) is 76.8 Å². The van der Waals surface area contributed by atoms with Crippen LogP contribution >= 0.6 is 0 Å². The van der Waals surface area contributed by atoms with Crippen molar-refractivity contribution in [3.05, 3.63) is 111 Å². The predicted octanol–water partition coefficient (Wildman–Crippen LogP) is 5.49. The highest BCUT2D eigenvalue weighted by Gasteiger charge is 2.45. The van der Waals surface area contributed by atoms with Crippen molar-refractivity contribution in [2.45, 2.75) is 37.6 Å². The number of azide groups is 1. The van der Waals surface area contributed by atoms with Crippen LogP contribution in [-0.4, -0.2) is 42.3 Å². The molecule has 1 aliphatic rings. The molecule has 0 unspecified atom stereocenters. The fraction of sp³-hybridized carbons (Fsp3) is 0.310. The van der Waals surface area contributed by atoms with Crippen molar-refractivity contribution in [2.24, 2.45) is 10.1 Å². The van der Waals surface area contributed by atoms with Crippen LogP contribution in [0.1, 0.15) is 34.2 Å². The lowest BCUT2D eigenvalue weighted by Crippen LogP contribution is -2.48. The average Bonchev–Trinajstić information content (AvgIpc) is 3.40. The van der Waals surface area contributed by atoms with Crippen LogP contribution < -0.4 is 10.1 Å². The van der Waals surface area contributed by atoms with E-state index < -0.39 is 29.0 Å². The molecule has 0 aromatic heterocycles. The number of aliphatic imine (C=N–C) groups is 1. The summed E-state index contributed by atoms with van der Waals surface area (Å²) in [5, 5.41) is 15.1. The van der Waals surface area contributed by atoms with Gasteiger partial charge in [-0.15, -0.1) is 0 Å². The van der Waals surface area contributed by atoms with Gasteiger partial charge in [-0.1, -0.05) is 29.4 Å². The van der Waals surface area contributed by atoms with Gasteiger partial charge in [0.1, 0.15) is 18.2 Å². The number of nitrogens with zero attached hydrogens (tertiary/aromatic N) is 4. The molecule has 1 heterocycles. The minimum absolute atomic E-state index is 0.00156. The maximum atomic E-state index is 13.9. The number of ether oxygens (including phenoxy) is 2. The molecule has 4 rings (SSSR count). The third kappa shape index (κ3) is 7.56. The lowest BCUT2D eigenvalue weighted by atomic mass is 9.89. The van der Waals surface area contributed by atoms with Gasteiger partial charge in [0, 0.05) is 36.5 Å². The first-order chi connectivity index (χ1) is 20.1. The number of amides is 1. The maximum absolute atomic E-state index is 13.9. The molecule has 0 aliphatic carbocycles. The molecule has 9 nitrogen and oxygen atoms in total. The second-order valence-electron chi connectivity index (χ2n) is 9.55. The Morgan fingerprint density at radius 3 is 2.57 bits per heavy atom. The van der Waals surface area contributed by atoms with Gasteiger partial charge in [-0.2, -0.15) is 13.2 Å². The molecule has 1 aliphatic heterocycles. The van der Waals surface area contributed by atoms with E-state index in [0.29, 0.717) is 41.5 Å². The summed E-state index contributed by atoms with van der Waals surface area (Å²) >= 11 is 0. The number of rotatable bonds is 12. The van der Waals surface area contributed by atoms with Crippen LogP contribution in [0, 0.1) is 5.82 Å². The summed E-state index contributed by atoms with van der Waals surface area (Å²) in [6.45, 7) is -0.200. The minimum Gasteiger partial charge on any atom is -0.494 e. The lowest BCUT2D eigenvalue weighted by molar-refractivity contribution is -0.137. The second-order valence-corrected chi connectivity index (χ2v) is 9.55. The first-order valence-corrected chi connectivity index (χ1v) is 12.9. The number of alkyl halides is 3. The Balaban J connectivity index is 1.63. The van der Waals surface area contributed by atoms with Crippen molar-refractivity contribution in [1.29, 1.82) is 0 Å². The summed E-state index contributed by atoms with van der Waals surface area (Å²) in [6.07, 6.45) is -4.25. The van der Waals surface area contributed by atoms with E-state index in [1.165, 1.54) is 0 Å². The molecule has 1 amide bonds. The van der Waals surface area contributed by atoms with E-state index in [9.17, 15) is 22.4 Å². The zero-order valence-corrected chi connectivity index (χ0v) is 22.3. The van der Waals surface area contributed by atoms with Crippen LogP contribution in [0.2, 0.25) is 0 Å². The number of aliphatic hydroxyl groups is 1. The molecular formula is C29H27F4N5O4. The number of hydrogen-bond acceptors (Lipinski definition) is 6. The third-order valence-electron chi connectivity index (χ3n) is 6.50. The average molecular weight is 586 g/mol. The summed E-state index contributed by atoms with van der Waals surface area (Å²) < 4.78 is 64.9. The van der Waals surface area contributed by atoms with Gasteiger partial charge >= 0.3 is 6.18 Å². The summed E-state index contributed by atoms with van der Waals surface area (Å²) in [5.74, 6) is -0.985. The molecule has 0 radical (unpaired) electrons. The van der Waals surface area contributed by atoms with Gasteiger partial charge in [0.05, 0.1) is 18.7 Å². The standard InChI is InChI=1S/C29H27F4N5O4/c30-24-13-19(12-23(14-24)29(31,32)33)16-35-27(40)28(15-21-4-1-2-5-22(21)17-36-38-34)18-42-26(37-28)20-6-8-25(9-7-20)41-11-3-10-39/h1-2,4-9,12-14,39H,3,10-11,15-18H2,(H,35,40)/t28-/m1/s1. The zero-order chi connectivity index (χ0) is 30.2. The Labute approximate surface area is 238 Å². The van der Waals surface area contributed by atoms with Crippen molar-refractivity contribution in [3.8, 4) is 5.75 Å². The SMILES string of the molecule is [N-]=[N+]=NCc1ccccc1C[C@]1(C(=O)NCc2cc(F)cc(C(F)(F)F)c2)COC(c2ccc(OCCCO)cc2)=N1. The van der Waals surface area contributed by atoms with Gasteiger partial charge in [0.15, 0.2) is 5.54 Å². The fourth-order valence-electron chi connectivity index (χ4n) is 4.40. The first kappa shape index (κ1) is 30.4. The largest absolute Gasteiger partial charge is 0.494 e. The molecule has 0 saturated carbocycles. The smallest absolute Gasteiger partial charge is 0.416 e. The molecule has 3 aromatic carbocycles. The highest BCUT2D eigenvalue weighted by molar-refractivity contribution is 6.00. The van der Waals surface area contributed by atoms with Crippen molar-refractivity contribution in [1.82, 2.24) is 5.32 Å². The summed E-state index contributed by atoms with van der Waals surface area (Å²) in [5.41, 5.74) is 7.89. The topological polar surface area (TPSA) is 129 Å². The number of hydrogen-bond donors (Lipinski definition) is 2. The highest BCUT2D eigenvalue weighted by Crippen LogP contribution is 2.31. The van der Waals surface area contributed by atoms with Gasteiger partial charge in [0.2, 0.25) is 5.90 Å². The van der Waals surface area contributed by atoms with Gasteiger partial charge in [0.25, 0.3) is 5.91 Å². The van der Waals surface area contributed by atoms with Crippen molar-refractivity contribution >= 4 is 11.8 Å². The van der Waals surface area contributed by atoms with Crippen LogP contribution in [0.4, 0.5) is 17.6 Å². The van der Waals surface area contributed by atoms with E-state index in [1.54, 1.807) is 48.5 Å². The van der Waals surface area contributed by atoms with Crippen molar-refractivity contribution < 1.29 is 36.9 Å². The summed E-state index contributed by atoms with van der Waals surface area (Å²) in [7, 11) is 0. The third-order valence-corrected chi connectivity index (χ3v) is 6.50. The van der Waals surface area contributed by atoms with Crippen LogP contribution in [0.25, 0.3) is 10.4 Å².